The molecule has 0 aliphatic rings. The van der Waals surface area contributed by atoms with Gasteiger partial charge in [-0.2, -0.15) is 0 Å². The zero-order valence-electron chi connectivity index (χ0n) is 26.7. The van der Waals surface area contributed by atoms with Gasteiger partial charge >= 0.3 is 12.1 Å². The smallest absolute Gasteiger partial charge is 0.408 e. The van der Waals surface area contributed by atoms with Crippen molar-refractivity contribution in [3.8, 4) is 0 Å². The topological polar surface area (TPSA) is 114 Å². The Bertz CT molecular complexity index is 1220. The number of nitrogens with zero attached hydrogens (tertiary/aromatic N) is 1. The zero-order chi connectivity index (χ0) is 31.8. The van der Waals surface area contributed by atoms with Crippen LogP contribution in [0.5, 0.6) is 0 Å². The van der Waals surface area contributed by atoms with E-state index in [1.807, 2.05) is 62.4 Å². The largest absolute Gasteiger partial charge is 0.458 e. The second-order valence-electron chi connectivity index (χ2n) is 12.9. The molecule has 230 valence electrons. The van der Waals surface area contributed by atoms with Gasteiger partial charge < -0.3 is 25.0 Å². The summed E-state index contributed by atoms with van der Waals surface area (Å²) in [6.07, 6.45) is -0.531. The van der Waals surface area contributed by atoms with E-state index in [9.17, 15) is 19.2 Å². The van der Waals surface area contributed by atoms with Crippen molar-refractivity contribution < 1.29 is 28.7 Å². The van der Waals surface area contributed by atoms with Crippen molar-refractivity contribution in [2.24, 2.45) is 0 Å². The molecule has 42 heavy (non-hydrogen) atoms. The van der Waals surface area contributed by atoms with Gasteiger partial charge in [0.05, 0.1) is 0 Å². The lowest BCUT2D eigenvalue weighted by Gasteiger charge is -2.36. The molecule has 2 N–H and O–H groups in total. The van der Waals surface area contributed by atoms with E-state index < -0.39 is 53.2 Å². The van der Waals surface area contributed by atoms with Gasteiger partial charge in [0.15, 0.2) is 0 Å². The second kappa shape index (κ2) is 14.3. The summed E-state index contributed by atoms with van der Waals surface area (Å²) in [4.78, 5) is 54.8. The number of nitrogens with one attached hydrogen (secondary N) is 2. The van der Waals surface area contributed by atoms with Crippen molar-refractivity contribution >= 4 is 23.9 Å². The molecule has 0 saturated heterocycles. The van der Waals surface area contributed by atoms with Gasteiger partial charge in [-0.15, -0.1) is 0 Å². The molecule has 2 unspecified atom stereocenters. The fourth-order valence-electron chi connectivity index (χ4n) is 4.56. The first kappa shape index (κ1) is 34.3. The minimum atomic E-state index is -1.09. The Balaban J connectivity index is 2.49. The molecule has 0 spiro atoms. The van der Waals surface area contributed by atoms with Crippen LogP contribution in [0.15, 0.2) is 48.5 Å². The molecule has 0 bridgehead atoms. The highest BCUT2D eigenvalue weighted by atomic mass is 16.6. The average molecular weight is 582 g/mol. The van der Waals surface area contributed by atoms with Crippen LogP contribution in [0, 0.1) is 13.8 Å². The molecule has 0 radical (unpaired) electrons. The molecule has 0 fully saturated rings. The highest BCUT2D eigenvalue weighted by Crippen LogP contribution is 2.27. The zero-order valence-corrected chi connectivity index (χ0v) is 26.7. The summed E-state index contributed by atoms with van der Waals surface area (Å²) in [7, 11) is 0. The van der Waals surface area contributed by atoms with E-state index in [-0.39, 0.29) is 13.0 Å². The Labute approximate surface area is 250 Å². The molecule has 0 aliphatic carbocycles. The Morgan fingerprint density at radius 2 is 1.38 bits per heavy atom. The molecule has 9 nitrogen and oxygen atoms in total. The lowest BCUT2D eigenvalue weighted by molar-refractivity contribution is -0.159. The molecular weight excluding hydrogens is 534 g/mol. The van der Waals surface area contributed by atoms with Crippen molar-refractivity contribution in [1.82, 2.24) is 15.5 Å². The van der Waals surface area contributed by atoms with Gasteiger partial charge in [0.1, 0.15) is 29.8 Å². The van der Waals surface area contributed by atoms with Crippen LogP contribution in [-0.2, 0) is 30.3 Å². The highest BCUT2D eigenvalue weighted by Gasteiger charge is 2.37. The van der Waals surface area contributed by atoms with Crippen molar-refractivity contribution in [3.63, 3.8) is 0 Å². The molecule has 3 amide bonds. The Kier molecular flexibility index (Phi) is 11.7. The predicted octanol–water partition coefficient (Wildman–Crippen LogP) is 5.18. The minimum absolute atomic E-state index is 0.205. The number of carbonyl (C=O) groups excluding carboxylic acids is 4. The molecule has 0 heterocycles. The fourth-order valence-corrected chi connectivity index (χ4v) is 4.56. The maximum atomic E-state index is 14.2. The standard InChI is InChI=1S/C33H47N3O6/c1-21(2)36(27(37)20-34-31(40)42-33(8,9)10)28(25-17-22(3)16-23(4)18-25)29(38)35-26(30(39)41-32(5,6)7)19-24-14-12-11-13-15-24/h11-18,21,26,28H,19-20H2,1-10H3,(H,34,40)(H,35,38). The lowest BCUT2D eigenvalue weighted by Crippen LogP contribution is -2.53. The van der Waals surface area contributed by atoms with E-state index >= 15 is 0 Å². The van der Waals surface area contributed by atoms with Crippen LogP contribution in [0.3, 0.4) is 0 Å². The number of ether oxygens (including phenoxy) is 2. The van der Waals surface area contributed by atoms with Gasteiger partial charge in [-0.1, -0.05) is 59.7 Å². The van der Waals surface area contributed by atoms with E-state index in [1.54, 1.807) is 55.4 Å². The van der Waals surface area contributed by atoms with Gasteiger partial charge in [-0.25, -0.2) is 9.59 Å². The van der Waals surface area contributed by atoms with Gasteiger partial charge in [-0.3, -0.25) is 9.59 Å². The Morgan fingerprint density at radius 1 is 0.833 bits per heavy atom. The number of hydrogen-bond acceptors (Lipinski definition) is 6. The van der Waals surface area contributed by atoms with E-state index in [0.29, 0.717) is 5.56 Å². The third kappa shape index (κ3) is 11.2. The maximum absolute atomic E-state index is 14.2. The van der Waals surface area contributed by atoms with Crippen molar-refractivity contribution in [2.45, 2.75) is 105 Å². The molecule has 0 aliphatic heterocycles. The summed E-state index contributed by atoms with van der Waals surface area (Å²) in [5.74, 6) is -1.59. The predicted molar refractivity (Wildman–Crippen MR) is 163 cm³/mol. The van der Waals surface area contributed by atoms with E-state index in [1.165, 1.54) is 4.90 Å². The van der Waals surface area contributed by atoms with Crippen molar-refractivity contribution in [3.05, 3.63) is 70.8 Å². The number of hydrogen-bond donors (Lipinski definition) is 2. The van der Waals surface area contributed by atoms with E-state index in [0.717, 1.165) is 16.7 Å². The highest BCUT2D eigenvalue weighted by molar-refractivity contribution is 5.93. The van der Waals surface area contributed by atoms with Crippen LogP contribution in [-0.4, -0.2) is 58.6 Å². The van der Waals surface area contributed by atoms with Crippen LogP contribution >= 0.6 is 0 Å². The van der Waals surface area contributed by atoms with Crippen LogP contribution in [0.2, 0.25) is 0 Å². The Hall–Kier alpha value is -3.88. The number of rotatable bonds is 10. The summed E-state index contributed by atoms with van der Waals surface area (Å²) in [6, 6.07) is 12.5. The van der Waals surface area contributed by atoms with Crippen LogP contribution in [0.4, 0.5) is 4.79 Å². The van der Waals surface area contributed by atoms with Gasteiger partial charge in [-0.05, 0) is 80.4 Å². The van der Waals surface area contributed by atoms with E-state index in [4.69, 9.17) is 9.47 Å². The van der Waals surface area contributed by atoms with Crippen LogP contribution in [0.1, 0.15) is 83.7 Å². The summed E-state index contributed by atoms with van der Waals surface area (Å²) < 4.78 is 10.9. The normalized spacial score (nSPS) is 13.1. The molecule has 9 heteroatoms. The average Bonchev–Trinajstić information content (AvgIpc) is 2.83. The number of esters is 1. The molecule has 2 aromatic rings. The van der Waals surface area contributed by atoms with Crippen molar-refractivity contribution in [2.75, 3.05) is 6.54 Å². The third-order valence-electron chi connectivity index (χ3n) is 6.00. The summed E-state index contributed by atoms with van der Waals surface area (Å²) in [5.41, 5.74) is 1.76. The molecule has 2 rings (SSSR count). The summed E-state index contributed by atoms with van der Waals surface area (Å²) in [6.45, 7) is 17.5. The van der Waals surface area contributed by atoms with Crippen LogP contribution in [0.25, 0.3) is 0 Å². The number of carbonyl (C=O) groups is 4. The molecular formula is C33H47N3O6. The first-order chi connectivity index (χ1) is 19.4. The summed E-state index contributed by atoms with van der Waals surface area (Å²) in [5, 5.41) is 5.39. The summed E-state index contributed by atoms with van der Waals surface area (Å²) >= 11 is 0. The lowest BCUT2D eigenvalue weighted by atomic mass is 9.97. The fraction of sp³-hybridized carbons (Fsp3) is 0.515. The Morgan fingerprint density at radius 3 is 1.88 bits per heavy atom. The first-order valence-corrected chi connectivity index (χ1v) is 14.3. The van der Waals surface area contributed by atoms with Gasteiger partial charge in [0.25, 0.3) is 0 Å². The number of aryl methyl sites for hydroxylation is 2. The SMILES string of the molecule is Cc1cc(C)cc(C(C(=O)NC(Cc2ccccc2)C(=O)OC(C)(C)C)N(C(=O)CNC(=O)OC(C)(C)C)C(C)C)c1. The van der Waals surface area contributed by atoms with E-state index in [2.05, 4.69) is 10.6 Å². The number of benzene rings is 2. The minimum Gasteiger partial charge on any atom is -0.458 e. The van der Waals surface area contributed by atoms with Crippen molar-refractivity contribution in [1.29, 1.82) is 0 Å². The monoisotopic (exact) mass is 581 g/mol. The second-order valence-corrected chi connectivity index (χ2v) is 12.9. The van der Waals surface area contributed by atoms with Gasteiger partial charge in [0, 0.05) is 12.5 Å². The van der Waals surface area contributed by atoms with Gasteiger partial charge in [0.2, 0.25) is 11.8 Å². The quantitative estimate of drug-likeness (QED) is 0.374. The molecule has 2 atom stereocenters. The molecule has 2 aromatic carbocycles. The molecule has 0 aromatic heterocycles. The molecule has 0 saturated carbocycles. The van der Waals surface area contributed by atoms with Crippen LogP contribution < -0.4 is 10.6 Å². The number of amides is 3. The number of alkyl carbamates (subject to hydrolysis) is 1. The maximum Gasteiger partial charge on any atom is 0.408 e. The first-order valence-electron chi connectivity index (χ1n) is 14.3. The third-order valence-corrected chi connectivity index (χ3v) is 6.00.